The molecule has 0 spiro atoms. The van der Waals surface area contributed by atoms with Gasteiger partial charge in [0.1, 0.15) is 17.6 Å². The van der Waals surface area contributed by atoms with Crippen molar-refractivity contribution in [3.05, 3.63) is 45.5 Å². The summed E-state index contributed by atoms with van der Waals surface area (Å²) in [6.07, 6.45) is 2.02. The van der Waals surface area contributed by atoms with Crippen LogP contribution in [0.1, 0.15) is 48.8 Å². The van der Waals surface area contributed by atoms with Gasteiger partial charge in [0.2, 0.25) is 0 Å². The summed E-state index contributed by atoms with van der Waals surface area (Å²) in [6, 6.07) is 6.60. The third-order valence-electron chi connectivity index (χ3n) is 3.15. The van der Waals surface area contributed by atoms with Crippen molar-refractivity contribution in [2.45, 2.75) is 39.7 Å². The first-order valence-corrected chi connectivity index (χ1v) is 7.56. The molecule has 0 aliphatic carbocycles. The van der Waals surface area contributed by atoms with Gasteiger partial charge < -0.3 is 9.73 Å². The van der Waals surface area contributed by atoms with Crippen molar-refractivity contribution >= 4 is 11.3 Å². The molecule has 2 nitrogen and oxygen atoms in total. The molecule has 18 heavy (non-hydrogen) atoms. The highest BCUT2D eigenvalue weighted by molar-refractivity contribution is 7.10. The summed E-state index contributed by atoms with van der Waals surface area (Å²) in [5.41, 5.74) is 1.42. The standard InChI is InChI=1S/C15H21NOS/c1-4-11-9-10-18-15(11)14(16-6-3)13-8-7-12(5-2)17-13/h7-10,14,16H,4-6H2,1-3H3. The Kier molecular flexibility index (Phi) is 4.61. The molecule has 2 aromatic rings. The van der Waals surface area contributed by atoms with Crippen LogP contribution in [-0.2, 0) is 12.8 Å². The van der Waals surface area contributed by atoms with Gasteiger partial charge in [-0.15, -0.1) is 11.3 Å². The number of nitrogens with one attached hydrogen (secondary N) is 1. The highest BCUT2D eigenvalue weighted by Crippen LogP contribution is 2.31. The predicted octanol–water partition coefficient (Wildman–Crippen LogP) is 4.16. The molecule has 0 aliphatic heterocycles. The second kappa shape index (κ2) is 6.21. The summed E-state index contributed by atoms with van der Waals surface area (Å²) in [5.74, 6) is 2.09. The summed E-state index contributed by atoms with van der Waals surface area (Å²) in [7, 11) is 0. The van der Waals surface area contributed by atoms with Crippen LogP contribution in [-0.4, -0.2) is 6.54 Å². The molecule has 0 saturated carbocycles. The molecule has 0 bridgehead atoms. The summed E-state index contributed by atoms with van der Waals surface area (Å²) < 4.78 is 5.91. The normalized spacial score (nSPS) is 12.8. The number of hydrogen-bond donors (Lipinski definition) is 1. The van der Waals surface area contributed by atoms with Gasteiger partial charge in [-0.2, -0.15) is 0 Å². The fourth-order valence-corrected chi connectivity index (χ4v) is 3.24. The smallest absolute Gasteiger partial charge is 0.126 e. The minimum absolute atomic E-state index is 0.199. The maximum Gasteiger partial charge on any atom is 0.126 e. The molecule has 1 N–H and O–H groups in total. The van der Waals surface area contributed by atoms with Crippen molar-refractivity contribution < 1.29 is 4.42 Å². The minimum Gasteiger partial charge on any atom is -0.464 e. The average molecular weight is 263 g/mol. The fourth-order valence-electron chi connectivity index (χ4n) is 2.16. The van der Waals surface area contributed by atoms with E-state index < -0.39 is 0 Å². The second-order valence-electron chi connectivity index (χ2n) is 4.31. The monoisotopic (exact) mass is 263 g/mol. The fraction of sp³-hybridized carbons (Fsp3) is 0.467. The van der Waals surface area contributed by atoms with Gasteiger partial charge in [-0.25, -0.2) is 0 Å². The molecule has 0 aromatic carbocycles. The quantitative estimate of drug-likeness (QED) is 0.846. The summed E-state index contributed by atoms with van der Waals surface area (Å²) in [4.78, 5) is 1.39. The Morgan fingerprint density at radius 1 is 1.17 bits per heavy atom. The maximum absolute atomic E-state index is 5.91. The van der Waals surface area contributed by atoms with Crippen molar-refractivity contribution in [3.63, 3.8) is 0 Å². The first-order chi connectivity index (χ1) is 8.80. The Labute approximate surface area is 113 Å². The van der Waals surface area contributed by atoms with Crippen molar-refractivity contribution in [2.75, 3.05) is 6.54 Å². The van der Waals surface area contributed by atoms with Gasteiger partial charge in [0, 0.05) is 11.3 Å². The van der Waals surface area contributed by atoms with E-state index in [-0.39, 0.29) is 6.04 Å². The van der Waals surface area contributed by atoms with E-state index in [1.54, 1.807) is 0 Å². The van der Waals surface area contributed by atoms with Crippen LogP contribution in [0, 0.1) is 0 Å². The van der Waals surface area contributed by atoms with Gasteiger partial charge in [-0.05, 0) is 42.1 Å². The third kappa shape index (κ3) is 2.68. The molecule has 0 saturated heterocycles. The van der Waals surface area contributed by atoms with Crippen LogP contribution in [0.15, 0.2) is 28.0 Å². The highest BCUT2D eigenvalue weighted by Gasteiger charge is 2.20. The van der Waals surface area contributed by atoms with E-state index in [4.69, 9.17) is 4.42 Å². The number of rotatable bonds is 6. The van der Waals surface area contributed by atoms with E-state index in [1.165, 1.54) is 10.4 Å². The van der Waals surface area contributed by atoms with Gasteiger partial charge in [-0.3, -0.25) is 0 Å². The lowest BCUT2D eigenvalue weighted by atomic mass is 10.1. The zero-order chi connectivity index (χ0) is 13.0. The van der Waals surface area contributed by atoms with E-state index >= 15 is 0 Å². The van der Waals surface area contributed by atoms with Crippen LogP contribution in [0.4, 0.5) is 0 Å². The molecule has 1 atom stereocenters. The predicted molar refractivity (Wildman–Crippen MR) is 77.3 cm³/mol. The number of furan rings is 1. The largest absolute Gasteiger partial charge is 0.464 e. The van der Waals surface area contributed by atoms with E-state index in [0.717, 1.165) is 30.9 Å². The minimum atomic E-state index is 0.199. The Bertz CT molecular complexity index is 486. The van der Waals surface area contributed by atoms with Crippen molar-refractivity contribution in [1.29, 1.82) is 0 Å². The molecule has 3 heteroatoms. The maximum atomic E-state index is 5.91. The van der Waals surface area contributed by atoms with Gasteiger partial charge in [0.05, 0.1) is 0 Å². The van der Waals surface area contributed by atoms with Crippen LogP contribution >= 0.6 is 11.3 Å². The molecule has 2 aromatic heterocycles. The summed E-state index contributed by atoms with van der Waals surface area (Å²) in [5, 5.41) is 5.70. The summed E-state index contributed by atoms with van der Waals surface area (Å²) >= 11 is 1.81. The van der Waals surface area contributed by atoms with Crippen molar-refractivity contribution in [1.82, 2.24) is 5.32 Å². The topological polar surface area (TPSA) is 25.2 Å². The Morgan fingerprint density at radius 2 is 2.00 bits per heavy atom. The summed E-state index contributed by atoms with van der Waals surface area (Å²) in [6.45, 7) is 7.39. The lowest BCUT2D eigenvalue weighted by Gasteiger charge is -2.16. The lowest BCUT2D eigenvalue weighted by molar-refractivity contribution is 0.427. The van der Waals surface area contributed by atoms with Crippen LogP contribution in [0.5, 0.6) is 0 Å². The molecular formula is C15H21NOS. The van der Waals surface area contributed by atoms with Crippen LogP contribution in [0.25, 0.3) is 0 Å². The molecular weight excluding hydrogens is 242 g/mol. The molecule has 2 rings (SSSR count). The SMILES string of the molecule is CCNC(c1ccc(CC)o1)c1sccc1CC. The lowest BCUT2D eigenvalue weighted by Crippen LogP contribution is -2.21. The van der Waals surface area contributed by atoms with Crippen LogP contribution in [0.3, 0.4) is 0 Å². The van der Waals surface area contributed by atoms with Crippen molar-refractivity contribution in [3.8, 4) is 0 Å². The molecule has 98 valence electrons. The van der Waals surface area contributed by atoms with Crippen LogP contribution in [0.2, 0.25) is 0 Å². The Balaban J connectivity index is 2.33. The third-order valence-corrected chi connectivity index (χ3v) is 4.17. The van der Waals surface area contributed by atoms with E-state index in [0.29, 0.717) is 0 Å². The van der Waals surface area contributed by atoms with Gasteiger partial charge in [-0.1, -0.05) is 20.8 Å². The number of thiophene rings is 1. The Hall–Kier alpha value is -1.06. The Morgan fingerprint density at radius 3 is 2.61 bits per heavy atom. The first-order valence-electron chi connectivity index (χ1n) is 6.68. The zero-order valence-corrected chi connectivity index (χ0v) is 12.1. The number of aryl methyl sites for hydroxylation is 2. The van der Waals surface area contributed by atoms with E-state index in [2.05, 4.69) is 49.7 Å². The molecule has 0 amide bonds. The van der Waals surface area contributed by atoms with Crippen molar-refractivity contribution in [2.24, 2.45) is 0 Å². The molecule has 0 fully saturated rings. The number of hydrogen-bond acceptors (Lipinski definition) is 3. The van der Waals surface area contributed by atoms with E-state index in [9.17, 15) is 0 Å². The zero-order valence-electron chi connectivity index (χ0n) is 11.3. The highest BCUT2D eigenvalue weighted by atomic mass is 32.1. The first kappa shape index (κ1) is 13.4. The van der Waals surface area contributed by atoms with E-state index in [1.807, 2.05) is 11.3 Å². The van der Waals surface area contributed by atoms with Gasteiger partial charge in [0.15, 0.2) is 0 Å². The second-order valence-corrected chi connectivity index (χ2v) is 5.26. The van der Waals surface area contributed by atoms with Gasteiger partial charge >= 0.3 is 0 Å². The molecule has 0 aliphatic rings. The molecule has 1 unspecified atom stereocenters. The van der Waals surface area contributed by atoms with Gasteiger partial charge in [0.25, 0.3) is 0 Å². The molecule has 2 heterocycles. The average Bonchev–Trinajstić information content (AvgIpc) is 3.04. The van der Waals surface area contributed by atoms with Crippen LogP contribution < -0.4 is 5.32 Å². The molecule has 0 radical (unpaired) electrons.